The molecule has 1 heterocycles. The van der Waals surface area contributed by atoms with Crippen molar-refractivity contribution in [3.8, 4) is 0 Å². The average Bonchev–Trinajstić information content (AvgIpc) is 2.96. The number of rotatable bonds is 8. The number of thiophene rings is 1. The third-order valence-electron chi connectivity index (χ3n) is 4.46. The van der Waals surface area contributed by atoms with Crippen LogP contribution in [0.5, 0.6) is 0 Å². The molecule has 0 unspecified atom stereocenters. The second-order valence-electron chi connectivity index (χ2n) is 5.96. The molecule has 0 aliphatic rings. The van der Waals surface area contributed by atoms with E-state index in [2.05, 4.69) is 48.8 Å². The van der Waals surface area contributed by atoms with Crippen molar-refractivity contribution >= 4 is 27.3 Å². The van der Waals surface area contributed by atoms with E-state index < -0.39 is 0 Å². The van der Waals surface area contributed by atoms with E-state index in [0.717, 1.165) is 25.7 Å². The molecular formula is C18H26N2OS. The molecule has 2 aromatic rings. The second-order valence-corrected chi connectivity index (χ2v) is 6.87. The van der Waals surface area contributed by atoms with Crippen LogP contribution in [0.3, 0.4) is 0 Å². The first kappa shape index (κ1) is 17.0. The Labute approximate surface area is 136 Å². The number of carbonyl (C=O) groups excluding carboxylic acids is 1. The van der Waals surface area contributed by atoms with Crippen molar-refractivity contribution in [2.75, 3.05) is 6.54 Å². The van der Waals surface area contributed by atoms with Gasteiger partial charge in [-0.05, 0) is 48.1 Å². The van der Waals surface area contributed by atoms with Crippen LogP contribution >= 0.6 is 11.3 Å². The summed E-state index contributed by atoms with van der Waals surface area (Å²) in [7, 11) is 0. The Morgan fingerprint density at radius 1 is 1.27 bits per heavy atom. The molecular weight excluding hydrogens is 292 g/mol. The van der Waals surface area contributed by atoms with E-state index >= 15 is 0 Å². The van der Waals surface area contributed by atoms with Gasteiger partial charge in [-0.1, -0.05) is 32.0 Å². The third kappa shape index (κ3) is 4.31. The smallest absolute Gasteiger partial charge is 0.220 e. The molecule has 120 valence electrons. The molecule has 1 amide bonds. The van der Waals surface area contributed by atoms with E-state index in [-0.39, 0.29) is 11.4 Å². The molecule has 22 heavy (non-hydrogen) atoms. The summed E-state index contributed by atoms with van der Waals surface area (Å²) in [5, 5.41) is 6.52. The van der Waals surface area contributed by atoms with Gasteiger partial charge in [0.25, 0.3) is 0 Å². The first-order valence-corrected chi connectivity index (χ1v) is 8.96. The third-order valence-corrected chi connectivity index (χ3v) is 5.47. The maximum absolute atomic E-state index is 11.9. The lowest BCUT2D eigenvalue weighted by atomic mass is 9.94. The number of carbonyl (C=O) groups is 1. The summed E-state index contributed by atoms with van der Waals surface area (Å²) in [4.78, 5) is 11.9. The molecule has 3 N–H and O–H groups in total. The maximum atomic E-state index is 11.9. The highest BCUT2D eigenvalue weighted by Crippen LogP contribution is 2.26. The SMILES string of the molecule is CCC(N)(CC)CNC(=O)CCCc1csc2ccccc12. The van der Waals surface area contributed by atoms with Crippen LogP contribution in [0, 0.1) is 0 Å². The van der Waals surface area contributed by atoms with E-state index in [4.69, 9.17) is 5.73 Å². The Kier molecular flexibility index (Phi) is 5.98. The standard InChI is InChI=1S/C18H26N2OS/c1-3-18(19,4-2)13-20-17(21)11-7-8-14-12-22-16-10-6-5-9-15(14)16/h5-6,9-10,12H,3-4,7-8,11,13,19H2,1-2H3,(H,20,21). The van der Waals surface area contributed by atoms with Gasteiger partial charge in [0.15, 0.2) is 0 Å². The molecule has 0 aliphatic heterocycles. The largest absolute Gasteiger partial charge is 0.354 e. The summed E-state index contributed by atoms with van der Waals surface area (Å²) >= 11 is 1.78. The van der Waals surface area contributed by atoms with E-state index in [1.54, 1.807) is 11.3 Å². The van der Waals surface area contributed by atoms with Gasteiger partial charge in [-0.3, -0.25) is 4.79 Å². The molecule has 1 aromatic carbocycles. The Morgan fingerprint density at radius 2 is 2.00 bits per heavy atom. The molecule has 0 radical (unpaired) electrons. The summed E-state index contributed by atoms with van der Waals surface area (Å²) < 4.78 is 1.32. The number of hydrogen-bond donors (Lipinski definition) is 2. The molecule has 0 spiro atoms. The van der Waals surface area contributed by atoms with Gasteiger partial charge in [-0.15, -0.1) is 11.3 Å². The minimum Gasteiger partial charge on any atom is -0.354 e. The number of fused-ring (bicyclic) bond motifs is 1. The molecule has 0 atom stereocenters. The fraction of sp³-hybridized carbons (Fsp3) is 0.500. The van der Waals surface area contributed by atoms with Crippen LogP contribution in [0.4, 0.5) is 0 Å². The Morgan fingerprint density at radius 3 is 2.73 bits per heavy atom. The molecule has 0 bridgehead atoms. The van der Waals surface area contributed by atoms with Gasteiger partial charge in [0.05, 0.1) is 0 Å². The van der Waals surface area contributed by atoms with Crippen LogP contribution in [0.25, 0.3) is 10.1 Å². The Balaban J connectivity index is 1.78. The molecule has 2 rings (SSSR count). The highest BCUT2D eigenvalue weighted by molar-refractivity contribution is 7.17. The van der Waals surface area contributed by atoms with Gasteiger partial charge < -0.3 is 11.1 Å². The lowest BCUT2D eigenvalue weighted by molar-refractivity contribution is -0.121. The highest BCUT2D eigenvalue weighted by Gasteiger charge is 2.20. The minimum absolute atomic E-state index is 0.108. The zero-order chi connectivity index (χ0) is 16.0. The molecule has 1 aromatic heterocycles. The minimum atomic E-state index is -0.265. The monoisotopic (exact) mass is 318 g/mol. The first-order chi connectivity index (χ1) is 10.6. The number of amides is 1. The summed E-state index contributed by atoms with van der Waals surface area (Å²) in [5.74, 6) is 0.108. The number of benzene rings is 1. The average molecular weight is 318 g/mol. The van der Waals surface area contributed by atoms with Crippen molar-refractivity contribution in [3.05, 3.63) is 35.2 Å². The second kappa shape index (κ2) is 7.75. The molecule has 0 aliphatic carbocycles. The first-order valence-electron chi connectivity index (χ1n) is 8.08. The van der Waals surface area contributed by atoms with Crippen molar-refractivity contribution in [2.45, 2.75) is 51.5 Å². The molecule has 0 fully saturated rings. The van der Waals surface area contributed by atoms with Crippen LogP contribution in [-0.4, -0.2) is 18.0 Å². The van der Waals surface area contributed by atoms with Gasteiger partial charge in [0.2, 0.25) is 5.91 Å². The van der Waals surface area contributed by atoms with Gasteiger partial charge >= 0.3 is 0 Å². The summed E-state index contributed by atoms with van der Waals surface area (Å²) in [5.41, 5.74) is 7.29. The summed E-state index contributed by atoms with van der Waals surface area (Å²) in [6.45, 7) is 4.70. The highest BCUT2D eigenvalue weighted by atomic mass is 32.1. The van der Waals surface area contributed by atoms with Crippen LogP contribution in [0.1, 0.15) is 45.1 Å². The summed E-state index contributed by atoms with van der Waals surface area (Å²) in [6, 6.07) is 8.44. The topological polar surface area (TPSA) is 55.1 Å². The van der Waals surface area contributed by atoms with Gasteiger partial charge in [-0.25, -0.2) is 0 Å². The molecule has 3 nitrogen and oxygen atoms in total. The predicted octanol–water partition coefficient (Wildman–Crippen LogP) is 3.86. The normalized spacial score (nSPS) is 11.8. The predicted molar refractivity (Wildman–Crippen MR) is 95.3 cm³/mol. The summed E-state index contributed by atoms with van der Waals surface area (Å²) in [6.07, 6.45) is 4.15. The van der Waals surface area contributed by atoms with Crippen molar-refractivity contribution < 1.29 is 4.79 Å². The van der Waals surface area contributed by atoms with Crippen LogP contribution in [-0.2, 0) is 11.2 Å². The maximum Gasteiger partial charge on any atom is 0.220 e. The van der Waals surface area contributed by atoms with Crippen molar-refractivity contribution in [1.82, 2.24) is 5.32 Å². The van der Waals surface area contributed by atoms with Gasteiger partial charge in [0.1, 0.15) is 0 Å². The molecule has 0 saturated heterocycles. The van der Waals surface area contributed by atoms with Crippen molar-refractivity contribution in [1.29, 1.82) is 0 Å². The van der Waals surface area contributed by atoms with Crippen LogP contribution in [0.15, 0.2) is 29.6 Å². The fourth-order valence-electron chi connectivity index (χ4n) is 2.53. The van der Waals surface area contributed by atoms with Crippen LogP contribution in [0.2, 0.25) is 0 Å². The number of nitrogens with one attached hydrogen (secondary N) is 1. The number of hydrogen-bond acceptors (Lipinski definition) is 3. The Hall–Kier alpha value is -1.39. The van der Waals surface area contributed by atoms with Gasteiger partial charge in [-0.2, -0.15) is 0 Å². The fourth-order valence-corrected chi connectivity index (χ4v) is 3.53. The van der Waals surface area contributed by atoms with E-state index in [9.17, 15) is 4.79 Å². The van der Waals surface area contributed by atoms with Crippen LogP contribution < -0.4 is 11.1 Å². The lowest BCUT2D eigenvalue weighted by Gasteiger charge is -2.26. The zero-order valence-corrected chi connectivity index (χ0v) is 14.3. The molecule has 0 saturated carbocycles. The number of aryl methyl sites for hydroxylation is 1. The molecule has 4 heteroatoms. The van der Waals surface area contributed by atoms with E-state index in [1.165, 1.54) is 15.6 Å². The quantitative estimate of drug-likeness (QED) is 0.776. The Bertz CT molecular complexity index is 616. The van der Waals surface area contributed by atoms with Crippen molar-refractivity contribution in [2.24, 2.45) is 5.73 Å². The zero-order valence-electron chi connectivity index (χ0n) is 13.5. The van der Waals surface area contributed by atoms with E-state index in [1.807, 2.05) is 0 Å². The lowest BCUT2D eigenvalue weighted by Crippen LogP contribution is -2.49. The van der Waals surface area contributed by atoms with Gasteiger partial charge in [0, 0.05) is 23.2 Å². The number of nitrogens with two attached hydrogens (primary N) is 1. The van der Waals surface area contributed by atoms with Crippen molar-refractivity contribution in [3.63, 3.8) is 0 Å². The van der Waals surface area contributed by atoms with E-state index in [0.29, 0.717) is 13.0 Å².